The van der Waals surface area contributed by atoms with Crippen molar-refractivity contribution in [2.75, 3.05) is 44.2 Å². The van der Waals surface area contributed by atoms with Gasteiger partial charge in [0.2, 0.25) is 0 Å². The van der Waals surface area contributed by atoms with Crippen LogP contribution in [0.5, 0.6) is 0 Å². The molecule has 2 saturated heterocycles. The van der Waals surface area contributed by atoms with Gasteiger partial charge in [0.1, 0.15) is 0 Å². The first-order valence-corrected chi connectivity index (χ1v) is 10.2. The molecule has 2 aliphatic heterocycles. The summed E-state index contributed by atoms with van der Waals surface area (Å²) in [5.41, 5.74) is 2.38. The average Bonchev–Trinajstić information content (AvgIpc) is 3.28. The largest absolute Gasteiger partial charge is 0.368 e. The van der Waals surface area contributed by atoms with Crippen molar-refractivity contribution in [1.29, 1.82) is 0 Å². The van der Waals surface area contributed by atoms with Crippen LogP contribution in [0.3, 0.4) is 0 Å². The fourth-order valence-corrected chi connectivity index (χ4v) is 4.07. The molecule has 2 heterocycles. The Morgan fingerprint density at radius 1 is 0.714 bits per heavy atom. The fourth-order valence-electron chi connectivity index (χ4n) is 3.88. The highest BCUT2D eigenvalue weighted by Crippen LogP contribution is 2.21. The van der Waals surface area contributed by atoms with Gasteiger partial charge in [-0.3, -0.25) is 9.59 Å². The second kappa shape index (κ2) is 8.23. The summed E-state index contributed by atoms with van der Waals surface area (Å²) in [6, 6.07) is 14.9. The number of hydrogen-bond acceptors (Lipinski definition) is 3. The van der Waals surface area contributed by atoms with Crippen molar-refractivity contribution in [2.45, 2.75) is 12.8 Å². The number of piperazine rings is 1. The van der Waals surface area contributed by atoms with E-state index in [0.29, 0.717) is 24.2 Å². The lowest BCUT2D eigenvalue weighted by molar-refractivity contribution is 0.0744. The van der Waals surface area contributed by atoms with Crippen LogP contribution in [0.25, 0.3) is 0 Å². The van der Waals surface area contributed by atoms with Crippen molar-refractivity contribution in [3.8, 4) is 0 Å². The maximum absolute atomic E-state index is 12.8. The standard InChI is InChI=1S/C22H24ClN3O2/c23-19-4-3-5-20(16-19)24-12-14-26(15-13-24)22(28)18-8-6-17(7-9-18)21(27)25-10-1-2-11-25/h3-9,16H,1-2,10-15H2. The van der Waals surface area contributed by atoms with Crippen LogP contribution in [-0.2, 0) is 0 Å². The van der Waals surface area contributed by atoms with Gasteiger partial charge in [0.05, 0.1) is 0 Å². The summed E-state index contributed by atoms with van der Waals surface area (Å²) in [5, 5.41) is 0.722. The number of rotatable bonds is 3. The Bertz CT molecular complexity index is 854. The first-order chi connectivity index (χ1) is 13.6. The Balaban J connectivity index is 1.36. The molecule has 0 aliphatic carbocycles. The van der Waals surface area contributed by atoms with E-state index in [9.17, 15) is 9.59 Å². The van der Waals surface area contributed by atoms with E-state index in [2.05, 4.69) is 4.90 Å². The van der Waals surface area contributed by atoms with Crippen LogP contribution >= 0.6 is 11.6 Å². The number of nitrogens with zero attached hydrogens (tertiary/aromatic N) is 3. The molecule has 4 rings (SSSR count). The Labute approximate surface area is 170 Å². The summed E-state index contributed by atoms with van der Waals surface area (Å²) in [6.45, 7) is 4.54. The molecule has 2 fully saturated rings. The third kappa shape index (κ3) is 3.99. The van der Waals surface area contributed by atoms with Crippen LogP contribution in [0.1, 0.15) is 33.6 Å². The van der Waals surface area contributed by atoms with Crippen molar-refractivity contribution in [3.63, 3.8) is 0 Å². The second-order valence-corrected chi connectivity index (χ2v) is 7.77. The summed E-state index contributed by atoms with van der Waals surface area (Å²) in [6.07, 6.45) is 2.15. The first kappa shape index (κ1) is 18.8. The molecule has 2 aliphatic rings. The molecule has 0 aromatic heterocycles. The number of anilines is 1. The third-order valence-electron chi connectivity index (χ3n) is 5.51. The Hall–Kier alpha value is -2.53. The number of likely N-dealkylation sites (tertiary alicyclic amines) is 1. The van der Waals surface area contributed by atoms with Gasteiger partial charge < -0.3 is 14.7 Å². The molecule has 2 amide bonds. The fraction of sp³-hybridized carbons (Fsp3) is 0.364. The van der Waals surface area contributed by atoms with E-state index >= 15 is 0 Å². The zero-order valence-electron chi connectivity index (χ0n) is 15.8. The van der Waals surface area contributed by atoms with Crippen LogP contribution in [0, 0.1) is 0 Å². The minimum absolute atomic E-state index is 0.0194. The summed E-state index contributed by atoms with van der Waals surface area (Å²) < 4.78 is 0. The van der Waals surface area contributed by atoms with Crippen LogP contribution in [0.15, 0.2) is 48.5 Å². The quantitative estimate of drug-likeness (QED) is 0.795. The summed E-state index contributed by atoms with van der Waals surface area (Å²) in [4.78, 5) is 31.3. The van der Waals surface area contributed by atoms with E-state index in [1.807, 2.05) is 34.1 Å². The Morgan fingerprint density at radius 3 is 1.79 bits per heavy atom. The molecule has 6 heteroatoms. The Morgan fingerprint density at radius 2 is 1.25 bits per heavy atom. The van der Waals surface area contributed by atoms with Gasteiger partial charge in [-0.15, -0.1) is 0 Å². The van der Waals surface area contributed by atoms with Gasteiger partial charge in [-0.1, -0.05) is 17.7 Å². The molecule has 0 atom stereocenters. The lowest BCUT2D eigenvalue weighted by Crippen LogP contribution is -2.48. The molecule has 0 saturated carbocycles. The molecule has 0 spiro atoms. The van der Waals surface area contributed by atoms with E-state index in [1.54, 1.807) is 24.3 Å². The van der Waals surface area contributed by atoms with Crippen molar-refractivity contribution in [3.05, 3.63) is 64.7 Å². The molecule has 0 radical (unpaired) electrons. The first-order valence-electron chi connectivity index (χ1n) is 9.81. The molecular formula is C22H24ClN3O2. The maximum atomic E-state index is 12.8. The van der Waals surface area contributed by atoms with E-state index in [0.717, 1.165) is 49.7 Å². The molecule has 2 aromatic rings. The monoisotopic (exact) mass is 397 g/mol. The molecule has 28 heavy (non-hydrogen) atoms. The van der Waals surface area contributed by atoms with Gasteiger partial charge in [0, 0.05) is 61.1 Å². The molecule has 0 N–H and O–H groups in total. The smallest absolute Gasteiger partial charge is 0.253 e. The molecule has 146 valence electrons. The predicted molar refractivity (Wildman–Crippen MR) is 111 cm³/mol. The topological polar surface area (TPSA) is 43.9 Å². The summed E-state index contributed by atoms with van der Waals surface area (Å²) >= 11 is 6.08. The SMILES string of the molecule is O=C(c1ccc(C(=O)N2CCN(c3cccc(Cl)c3)CC2)cc1)N1CCCC1. The lowest BCUT2D eigenvalue weighted by Gasteiger charge is -2.36. The number of hydrogen-bond donors (Lipinski definition) is 0. The van der Waals surface area contributed by atoms with Gasteiger partial charge in [0.15, 0.2) is 0 Å². The van der Waals surface area contributed by atoms with E-state index in [4.69, 9.17) is 11.6 Å². The summed E-state index contributed by atoms with van der Waals surface area (Å²) in [5.74, 6) is 0.0811. The zero-order chi connectivity index (χ0) is 19.5. The van der Waals surface area contributed by atoms with Gasteiger partial charge in [-0.05, 0) is 55.3 Å². The minimum atomic E-state index is 0.0194. The predicted octanol–water partition coefficient (Wildman–Crippen LogP) is 3.54. The van der Waals surface area contributed by atoms with Gasteiger partial charge in [0.25, 0.3) is 11.8 Å². The third-order valence-corrected chi connectivity index (χ3v) is 5.75. The number of benzene rings is 2. The van der Waals surface area contributed by atoms with Crippen molar-refractivity contribution in [2.24, 2.45) is 0 Å². The average molecular weight is 398 g/mol. The van der Waals surface area contributed by atoms with Crippen molar-refractivity contribution in [1.82, 2.24) is 9.80 Å². The summed E-state index contributed by atoms with van der Waals surface area (Å²) in [7, 11) is 0. The number of carbonyl (C=O) groups is 2. The minimum Gasteiger partial charge on any atom is -0.368 e. The highest BCUT2D eigenvalue weighted by atomic mass is 35.5. The highest BCUT2D eigenvalue weighted by molar-refractivity contribution is 6.30. The van der Waals surface area contributed by atoms with Crippen LogP contribution in [-0.4, -0.2) is 60.9 Å². The molecular weight excluding hydrogens is 374 g/mol. The second-order valence-electron chi connectivity index (χ2n) is 7.34. The number of carbonyl (C=O) groups excluding carboxylic acids is 2. The highest BCUT2D eigenvalue weighted by Gasteiger charge is 2.23. The Kier molecular flexibility index (Phi) is 5.53. The van der Waals surface area contributed by atoms with Gasteiger partial charge in [-0.25, -0.2) is 0 Å². The van der Waals surface area contributed by atoms with Gasteiger partial charge >= 0.3 is 0 Å². The molecule has 5 nitrogen and oxygen atoms in total. The normalized spacial score (nSPS) is 17.1. The van der Waals surface area contributed by atoms with E-state index in [-0.39, 0.29) is 11.8 Å². The van der Waals surface area contributed by atoms with Crippen molar-refractivity contribution >= 4 is 29.1 Å². The molecule has 0 bridgehead atoms. The molecule has 0 unspecified atom stereocenters. The zero-order valence-corrected chi connectivity index (χ0v) is 16.6. The molecule has 2 aromatic carbocycles. The maximum Gasteiger partial charge on any atom is 0.253 e. The lowest BCUT2D eigenvalue weighted by atomic mass is 10.1. The van der Waals surface area contributed by atoms with Crippen molar-refractivity contribution < 1.29 is 9.59 Å². The van der Waals surface area contributed by atoms with E-state index < -0.39 is 0 Å². The van der Waals surface area contributed by atoms with Crippen LogP contribution < -0.4 is 4.90 Å². The number of halogens is 1. The number of amides is 2. The van der Waals surface area contributed by atoms with Crippen LogP contribution in [0.4, 0.5) is 5.69 Å². The van der Waals surface area contributed by atoms with Crippen LogP contribution in [0.2, 0.25) is 5.02 Å². The van der Waals surface area contributed by atoms with E-state index in [1.165, 1.54) is 0 Å². The van der Waals surface area contributed by atoms with Gasteiger partial charge in [-0.2, -0.15) is 0 Å².